The van der Waals surface area contributed by atoms with Gasteiger partial charge in [-0.25, -0.2) is 9.97 Å². The number of anilines is 1. The molecule has 1 aromatic carbocycles. The zero-order valence-electron chi connectivity index (χ0n) is 15.5. The minimum atomic E-state index is -0.259. The van der Waals surface area contributed by atoms with Crippen LogP contribution in [0.25, 0.3) is 0 Å². The molecule has 26 heavy (non-hydrogen) atoms. The van der Waals surface area contributed by atoms with Gasteiger partial charge >= 0.3 is 0 Å². The van der Waals surface area contributed by atoms with Crippen molar-refractivity contribution in [3.05, 3.63) is 53.0 Å². The lowest BCUT2D eigenvalue weighted by Gasteiger charge is -2.36. The quantitative estimate of drug-likeness (QED) is 0.884. The molecular weight excluding hydrogens is 324 g/mol. The molecule has 0 spiro atoms. The molecule has 0 amide bonds. The van der Waals surface area contributed by atoms with Crippen LogP contribution in [0.4, 0.5) is 5.82 Å². The second-order valence-electron chi connectivity index (χ2n) is 7.53. The molecule has 2 aromatic rings. The fraction of sp³-hybridized carbons (Fsp3) is 0.524. The van der Waals surface area contributed by atoms with Crippen LogP contribution in [-0.4, -0.2) is 40.8 Å². The van der Waals surface area contributed by atoms with E-state index in [0.29, 0.717) is 5.92 Å². The van der Waals surface area contributed by atoms with E-state index < -0.39 is 0 Å². The Morgan fingerprint density at radius 1 is 1.19 bits per heavy atom. The molecule has 1 unspecified atom stereocenters. The summed E-state index contributed by atoms with van der Waals surface area (Å²) in [4.78, 5) is 11.8. The lowest BCUT2D eigenvalue weighted by Crippen LogP contribution is -2.40. The number of fused-ring (bicyclic) bond motifs is 1. The molecule has 0 bridgehead atoms. The molecule has 5 heteroatoms. The largest absolute Gasteiger partial charge is 0.392 e. The molecule has 2 N–H and O–H groups in total. The molecule has 0 saturated carbocycles. The van der Waals surface area contributed by atoms with Crippen molar-refractivity contribution in [1.29, 1.82) is 0 Å². The van der Waals surface area contributed by atoms with E-state index in [1.165, 1.54) is 11.1 Å². The Hall–Kier alpha value is -1.98. The highest BCUT2D eigenvalue weighted by Gasteiger charge is 2.28. The maximum Gasteiger partial charge on any atom is 0.135 e. The summed E-state index contributed by atoms with van der Waals surface area (Å²) in [6.07, 6.45) is 3.53. The Morgan fingerprint density at radius 2 is 1.96 bits per heavy atom. The summed E-state index contributed by atoms with van der Waals surface area (Å²) in [5.41, 5.74) is 3.69. The Bertz CT molecular complexity index is 741. The number of aromatic nitrogens is 2. The number of aliphatic hydroxyl groups excluding tert-OH is 1. The fourth-order valence-corrected chi connectivity index (χ4v) is 4.24. The molecule has 1 aromatic heterocycles. The number of hydrogen-bond acceptors (Lipinski definition) is 5. The van der Waals surface area contributed by atoms with Crippen molar-refractivity contribution in [2.45, 2.75) is 45.3 Å². The molecule has 4 rings (SSSR count). The summed E-state index contributed by atoms with van der Waals surface area (Å²) in [6, 6.07) is 10.3. The van der Waals surface area contributed by atoms with Crippen molar-refractivity contribution >= 4 is 5.82 Å². The summed E-state index contributed by atoms with van der Waals surface area (Å²) in [6.45, 7) is 5.76. The summed E-state index contributed by atoms with van der Waals surface area (Å²) in [5.74, 6) is 2.35. The van der Waals surface area contributed by atoms with E-state index in [-0.39, 0.29) is 6.10 Å². The second kappa shape index (κ2) is 7.72. The molecule has 2 aliphatic rings. The van der Waals surface area contributed by atoms with Crippen LogP contribution in [0.5, 0.6) is 0 Å². The highest BCUT2D eigenvalue weighted by molar-refractivity contribution is 5.50. The average molecular weight is 352 g/mol. The van der Waals surface area contributed by atoms with Gasteiger partial charge in [0.05, 0.1) is 11.8 Å². The van der Waals surface area contributed by atoms with Gasteiger partial charge in [0, 0.05) is 25.2 Å². The van der Waals surface area contributed by atoms with Gasteiger partial charge in [-0.3, -0.25) is 0 Å². The molecule has 1 atom stereocenters. The number of nitrogens with zero attached hydrogens (tertiary/aromatic N) is 3. The third-order valence-electron chi connectivity index (χ3n) is 5.70. The average Bonchev–Trinajstić information content (AvgIpc) is 2.68. The van der Waals surface area contributed by atoms with Crippen molar-refractivity contribution in [2.75, 3.05) is 24.5 Å². The molecule has 0 aliphatic carbocycles. The third kappa shape index (κ3) is 3.74. The summed E-state index contributed by atoms with van der Waals surface area (Å²) in [5, 5.41) is 14.1. The van der Waals surface area contributed by atoms with Crippen LogP contribution in [0, 0.1) is 12.8 Å². The van der Waals surface area contributed by atoms with Gasteiger partial charge in [-0.05, 0) is 50.6 Å². The van der Waals surface area contributed by atoms with E-state index >= 15 is 0 Å². The zero-order valence-corrected chi connectivity index (χ0v) is 15.5. The van der Waals surface area contributed by atoms with Gasteiger partial charge in [0.1, 0.15) is 11.6 Å². The smallest absolute Gasteiger partial charge is 0.135 e. The van der Waals surface area contributed by atoms with E-state index in [1.54, 1.807) is 0 Å². The summed E-state index contributed by atoms with van der Waals surface area (Å²) < 4.78 is 0. The molecule has 2 aliphatic heterocycles. The zero-order chi connectivity index (χ0) is 17.9. The van der Waals surface area contributed by atoms with Crippen LogP contribution in [0.15, 0.2) is 30.3 Å². The predicted octanol–water partition coefficient (Wildman–Crippen LogP) is 2.25. The standard InChI is InChI=1S/C21H28N4O/c1-15-23-19-14-22-10-7-18(19)21(24-15)25-11-8-17(9-12-25)20(26)13-16-5-3-2-4-6-16/h2-6,17,20,22,26H,7-14H2,1H3. The predicted molar refractivity (Wildman–Crippen MR) is 103 cm³/mol. The molecule has 138 valence electrons. The maximum atomic E-state index is 10.7. The van der Waals surface area contributed by atoms with Gasteiger partial charge in [0.25, 0.3) is 0 Å². The van der Waals surface area contributed by atoms with Gasteiger partial charge in [-0.1, -0.05) is 30.3 Å². The minimum absolute atomic E-state index is 0.259. The van der Waals surface area contributed by atoms with Crippen LogP contribution in [0.2, 0.25) is 0 Å². The first kappa shape index (κ1) is 17.4. The minimum Gasteiger partial charge on any atom is -0.392 e. The van der Waals surface area contributed by atoms with Crippen LogP contribution >= 0.6 is 0 Å². The molecular formula is C21H28N4O. The lowest BCUT2D eigenvalue weighted by molar-refractivity contribution is 0.0928. The first-order chi connectivity index (χ1) is 12.7. The molecule has 1 saturated heterocycles. The number of rotatable bonds is 4. The van der Waals surface area contributed by atoms with E-state index in [4.69, 9.17) is 4.98 Å². The van der Waals surface area contributed by atoms with Crippen LogP contribution < -0.4 is 10.2 Å². The maximum absolute atomic E-state index is 10.7. The van der Waals surface area contributed by atoms with Crippen molar-refractivity contribution in [1.82, 2.24) is 15.3 Å². The third-order valence-corrected chi connectivity index (χ3v) is 5.70. The van der Waals surface area contributed by atoms with Crippen molar-refractivity contribution < 1.29 is 5.11 Å². The van der Waals surface area contributed by atoms with E-state index in [2.05, 4.69) is 27.3 Å². The fourth-order valence-electron chi connectivity index (χ4n) is 4.24. The molecule has 5 nitrogen and oxygen atoms in total. The number of hydrogen-bond donors (Lipinski definition) is 2. The van der Waals surface area contributed by atoms with Gasteiger partial charge in [-0.2, -0.15) is 0 Å². The number of benzene rings is 1. The van der Waals surface area contributed by atoms with Gasteiger partial charge in [-0.15, -0.1) is 0 Å². The summed E-state index contributed by atoms with van der Waals surface area (Å²) >= 11 is 0. The monoisotopic (exact) mass is 352 g/mol. The molecule has 0 radical (unpaired) electrons. The Labute approximate surface area is 155 Å². The molecule has 3 heterocycles. The number of piperidine rings is 1. The van der Waals surface area contributed by atoms with Gasteiger partial charge < -0.3 is 15.3 Å². The summed E-state index contributed by atoms with van der Waals surface area (Å²) in [7, 11) is 0. The highest BCUT2D eigenvalue weighted by Crippen LogP contribution is 2.29. The Morgan fingerprint density at radius 3 is 2.73 bits per heavy atom. The van der Waals surface area contributed by atoms with Crippen LogP contribution in [-0.2, 0) is 19.4 Å². The van der Waals surface area contributed by atoms with Crippen molar-refractivity contribution in [2.24, 2.45) is 5.92 Å². The molecule has 1 fully saturated rings. The first-order valence-corrected chi connectivity index (χ1v) is 9.75. The van der Waals surface area contributed by atoms with E-state index in [1.807, 2.05) is 25.1 Å². The Balaban J connectivity index is 1.42. The topological polar surface area (TPSA) is 61.3 Å². The normalized spacial score (nSPS) is 19.2. The van der Waals surface area contributed by atoms with Crippen LogP contribution in [0.1, 0.15) is 35.5 Å². The SMILES string of the molecule is Cc1nc2c(c(N3CCC(C(O)Cc4ccccc4)CC3)n1)CCNC2. The lowest BCUT2D eigenvalue weighted by atomic mass is 9.87. The first-order valence-electron chi connectivity index (χ1n) is 9.75. The Kier molecular flexibility index (Phi) is 5.18. The van der Waals surface area contributed by atoms with Gasteiger partial charge in [0.15, 0.2) is 0 Å². The van der Waals surface area contributed by atoms with Gasteiger partial charge in [0.2, 0.25) is 0 Å². The van der Waals surface area contributed by atoms with Crippen LogP contribution in [0.3, 0.4) is 0 Å². The van der Waals surface area contributed by atoms with E-state index in [0.717, 1.165) is 69.2 Å². The van der Waals surface area contributed by atoms with Crippen molar-refractivity contribution in [3.8, 4) is 0 Å². The number of nitrogens with one attached hydrogen (secondary N) is 1. The van der Waals surface area contributed by atoms with E-state index in [9.17, 15) is 5.11 Å². The highest BCUT2D eigenvalue weighted by atomic mass is 16.3. The van der Waals surface area contributed by atoms with Crippen molar-refractivity contribution in [3.63, 3.8) is 0 Å². The second-order valence-corrected chi connectivity index (χ2v) is 7.53. The number of aryl methyl sites for hydroxylation is 1. The number of aliphatic hydroxyl groups is 1.